The van der Waals surface area contributed by atoms with Crippen LogP contribution in [0.5, 0.6) is 11.5 Å². The van der Waals surface area contributed by atoms with Crippen molar-refractivity contribution < 1.29 is 4.74 Å². The highest BCUT2D eigenvalue weighted by molar-refractivity contribution is 6.32. The maximum absolute atomic E-state index is 6.23. The molecular weight excluding hydrogens is 270 g/mol. The van der Waals surface area contributed by atoms with Gasteiger partial charge in [-0.05, 0) is 29.1 Å². The zero-order valence-electron chi connectivity index (χ0n) is 10.8. The lowest BCUT2D eigenvalue weighted by Crippen LogP contribution is -1.96. The van der Waals surface area contributed by atoms with Gasteiger partial charge in [0.25, 0.3) is 0 Å². The summed E-state index contributed by atoms with van der Waals surface area (Å²) in [7, 11) is 0. The summed E-state index contributed by atoms with van der Waals surface area (Å²) in [6.07, 6.45) is 0. The Kier molecular flexibility index (Phi) is 3.59. The zero-order valence-corrected chi connectivity index (χ0v) is 11.6. The SMILES string of the molecule is NCc1ccc(Oc2cccc3ccccc23)c(Cl)c1. The topological polar surface area (TPSA) is 35.2 Å². The smallest absolute Gasteiger partial charge is 0.146 e. The highest BCUT2D eigenvalue weighted by Gasteiger charge is 2.06. The van der Waals surface area contributed by atoms with Gasteiger partial charge < -0.3 is 10.5 Å². The maximum atomic E-state index is 6.23. The standard InChI is InChI=1S/C17H14ClNO/c18-15-10-12(11-19)8-9-17(15)20-16-7-3-5-13-4-1-2-6-14(13)16/h1-10H,11,19H2. The number of ether oxygens (including phenoxy) is 1. The number of hydrogen-bond acceptors (Lipinski definition) is 2. The fraction of sp³-hybridized carbons (Fsp3) is 0.0588. The van der Waals surface area contributed by atoms with Crippen LogP contribution in [0.1, 0.15) is 5.56 Å². The van der Waals surface area contributed by atoms with Crippen LogP contribution in [0.4, 0.5) is 0 Å². The molecule has 0 aliphatic rings. The molecule has 0 aliphatic carbocycles. The van der Waals surface area contributed by atoms with Crippen LogP contribution in [0.25, 0.3) is 10.8 Å². The molecule has 0 spiro atoms. The van der Waals surface area contributed by atoms with E-state index >= 15 is 0 Å². The molecule has 0 bridgehead atoms. The highest BCUT2D eigenvalue weighted by Crippen LogP contribution is 2.34. The van der Waals surface area contributed by atoms with Gasteiger partial charge in [0.05, 0.1) is 5.02 Å². The summed E-state index contributed by atoms with van der Waals surface area (Å²) in [6.45, 7) is 0.467. The fourth-order valence-corrected chi connectivity index (χ4v) is 2.40. The second-order valence-corrected chi connectivity index (χ2v) is 4.96. The summed E-state index contributed by atoms with van der Waals surface area (Å²) in [6, 6.07) is 19.7. The lowest BCUT2D eigenvalue weighted by molar-refractivity contribution is 0.488. The molecule has 3 rings (SSSR count). The van der Waals surface area contributed by atoms with Crippen molar-refractivity contribution in [1.82, 2.24) is 0 Å². The number of halogens is 1. The minimum absolute atomic E-state index is 0.467. The van der Waals surface area contributed by atoms with Gasteiger partial charge in [-0.25, -0.2) is 0 Å². The van der Waals surface area contributed by atoms with E-state index in [1.165, 1.54) is 0 Å². The van der Waals surface area contributed by atoms with Crippen molar-refractivity contribution >= 4 is 22.4 Å². The molecule has 0 saturated carbocycles. The molecule has 0 aliphatic heterocycles. The lowest BCUT2D eigenvalue weighted by Gasteiger charge is -2.11. The zero-order chi connectivity index (χ0) is 13.9. The van der Waals surface area contributed by atoms with Gasteiger partial charge >= 0.3 is 0 Å². The Morgan fingerprint density at radius 1 is 0.900 bits per heavy atom. The summed E-state index contributed by atoms with van der Waals surface area (Å²) in [4.78, 5) is 0. The van der Waals surface area contributed by atoms with E-state index in [-0.39, 0.29) is 0 Å². The van der Waals surface area contributed by atoms with Crippen LogP contribution in [0.3, 0.4) is 0 Å². The number of fused-ring (bicyclic) bond motifs is 1. The van der Waals surface area contributed by atoms with Crippen LogP contribution in [-0.4, -0.2) is 0 Å². The van der Waals surface area contributed by atoms with Crippen LogP contribution >= 0.6 is 11.6 Å². The van der Waals surface area contributed by atoms with Crippen LogP contribution in [0, 0.1) is 0 Å². The van der Waals surface area contributed by atoms with E-state index in [1.807, 2.05) is 48.5 Å². The van der Waals surface area contributed by atoms with Gasteiger partial charge in [0.1, 0.15) is 11.5 Å². The summed E-state index contributed by atoms with van der Waals surface area (Å²) >= 11 is 6.23. The lowest BCUT2D eigenvalue weighted by atomic mass is 10.1. The Hall–Kier alpha value is -2.03. The van der Waals surface area contributed by atoms with Crippen LogP contribution in [-0.2, 0) is 6.54 Å². The molecule has 100 valence electrons. The Labute approximate surface area is 122 Å². The van der Waals surface area contributed by atoms with E-state index in [4.69, 9.17) is 22.1 Å². The van der Waals surface area contributed by atoms with E-state index < -0.39 is 0 Å². The van der Waals surface area contributed by atoms with Crippen LogP contribution in [0.2, 0.25) is 5.02 Å². The Bertz CT molecular complexity index is 750. The molecule has 0 fully saturated rings. The van der Waals surface area contributed by atoms with Crippen molar-refractivity contribution in [2.24, 2.45) is 5.73 Å². The predicted molar refractivity (Wildman–Crippen MR) is 83.4 cm³/mol. The van der Waals surface area contributed by atoms with Gasteiger partial charge in [-0.2, -0.15) is 0 Å². The first-order valence-corrected chi connectivity index (χ1v) is 6.80. The van der Waals surface area contributed by atoms with Gasteiger partial charge in [0.2, 0.25) is 0 Å². The Balaban J connectivity index is 2.01. The van der Waals surface area contributed by atoms with Crippen molar-refractivity contribution in [1.29, 1.82) is 0 Å². The third kappa shape index (κ3) is 2.48. The fourth-order valence-electron chi connectivity index (χ4n) is 2.16. The van der Waals surface area contributed by atoms with Crippen molar-refractivity contribution in [3.8, 4) is 11.5 Å². The highest BCUT2D eigenvalue weighted by atomic mass is 35.5. The predicted octanol–water partition coefficient (Wildman–Crippen LogP) is 4.74. The second kappa shape index (κ2) is 5.53. The van der Waals surface area contributed by atoms with E-state index in [1.54, 1.807) is 0 Å². The van der Waals surface area contributed by atoms with Gasteiger partial charge in [-0.3, -0.25) is 0 Å². The molecule has 0 atom stereocenters. The first-order valence-electron chi connectivity index (χ1n) is 6.42. The molecule has 0 amide bonds. The minimum atomic E-state index is 0.467. The van der Waals surface area contributed by atoms with Gasteiger partial charge in [0, 0.05) is 11.9 Å². The second-order valence-electron chi connectivity index (χ2n) is 4.55. The Morgan fingerprint density at radius 3 is 2.50 bits per heavy atom. The summed E-state index contributed by atoms with van der Waals surface area (Å²) in [5.41, 5.74) is 6.58. The molecule has 2 N–H and O–H groups in total. The molecule has 0 aromatic heterocycles. The number of rotatable bonds is 3. The van der Waals surface area contributed by atoms with Crippen LogP contribution in [0.15, 0.2) is 60.7 Å². The largest absolute Gasteiger partial charge is 0.455 e. The van der Waals surface area contributed by atoms with Gasteiger partial charge in [-0.1, -0.05) is 54.1 Å². The number of hydrogen-bond donors (Lipinski definition) is 1. The third-order valence-corrected chi connectivity index (χ3v) is 3.50. The molecule has 2 nitrogen and oxygen atoms in total. The molecule has 0 saturated heterocycles. The minimum Gasteiger partial charge on any atom is -0.455 e. The van der Waals surface area contributed by atoms with Crippen molar-refractivity contribution in [3.63, 3.8) is 0 Å². The van der Waals surface area contributed by atoms with E-state index in [0.717, 1.165) is 22.1 Å². The van der Waals surface area contributed by atoms with Gasteiger partial charge in [-0.15, -0.1) is 0 Å². The average molecular weight is 284 g/mol. The first kappa shape index (κ1) is 13.0. The molecule has 3 heteroatoms. The molecule has 0 heterocycles. The average Bonchev–Trinajstić information content (AvgIpc) is 2.49. The quantitative estimate of drug-likeness (QED) is 0.753. The third-order valence-electron chi connectivity index (χ3n) is 3.20. The summed E-state index contributed by atoms with van der Waals surface area (Å²) in [5.74, 6) is 1.44. The normalized spacial score (nSPS) is 10.7. The monoisotopic (exact) mass is 283 g/mol. The van der Waals surface area contributed by atoms with Crippen molar-refractivity contribution in [2.45, 2.75) is 6.54 Å². The van der Waals surface area contributed by atoms with E-state index in [0.29, 0.717) is 17.3 Å². The maximum Gasteiger partial charge on any atom is 0.146 e. The molecule has 3 aromatic rings. The summed E-state index contributed by atoms with van der Waals surface area (Å²) in [5, 5.41) is 2.77. The van der Waals surface area contributed by atoms with Crippen LogP contribution < -0.4 is 10.5 Å². The number of nitrogens with two attached hydrogens (primary N) is 1. The first-order chi connectivity index (χ1) is 9.78. The molecule has 3 aromatic carbocycles. The molecule has 20 heavy (non-hydrogen) atoms. The van der Waals surface area contributed by atoms with Crippen molar-refractivity contribution in [3.05, 3.63) is 71.2 Å². The number of benzene rings is 3. The van der Waals surface area contributed by atoms with E-state index in [2.05, 4.69) is 12.1 Å². The molecular formula is C17H14ClNO. The van der Waals surface area contributed by atoms with Crippen molar-refractivity contribution in [2.75, 3.05) is 0 Å². The van der Waals surface area contributed by atoms with Gasteiger partial charge in [0.15, 0.2) is 0 Å². The Morgan fingerprint density at radius 2 is 1.70 bits per heavy atom. The molecule has 0 radical (unpaired) electrons. The van der Waals surface area contributed by atoms with E-state index in [9.17, 15) is 0 Å². The molecule has 0 unspecified atom stereocenters. The summed E-state index contributed by atoms with van der Waals surface area (Å²) < 4.78 is 5.95.